The molecule has 3 rings (SSSR count). The van der Waals surface area contributed by atoms with Crippen molar-refractivity contribution in [3.8, 4) is 5.75 Å². The van der Waals surface area contributed by atoms with Crippen LogP contribution >= 0.6 is 0 Å². The number of ether oxygens (including phenoxy) is 1. The highest BCUT2D eigenvalue weighted by atomic mass is 16.5. The Balaban J connectivity index is 1.70. The van der Waals surface area contributed by atoms with Gasteiger partial charge in [-0.25, -0.2) is 4.68 Å². The van der Waals surface area contributed by atoms with E-state index in [2.05, 4.69) is 10.4 Å². The molecule has 5 heteroatoms. The molecule has 1 N–H and O–H groups in total. The lowest BCUT2D eigenvalue weighted by atomic mass is 10.2. The van der Waals surface area contributed by atoms with E-state index in [0.717, 1.165) is 29.5 Å². The summed E-state index contributed by atoms with van der Waals surface area (Å²) < 4.78 is 6.64. The van der Waals surface area contributed by atoms with Gasteiger partial charge in [-0.15, -0.1) is 0 Å². The van der Waals surface area contributed by atoms with Gasteiger partial charge in [-0.1, -0.05) is 12.1 Å². The third kappa shape index (κ3) is 3.62. The first-order valence-corrected chi connectivity index (χ1v) is 7.18. The average Bonchev–Trinajstić information content (AvgIpc) is 3.32. The molecule has 1 heterocycles. The Hall–Kier alpha value is -2.30. The molecule has 1 aromatic heterocycles. The van der Waals surface area contributed by atoms with Crippen LogP contribution in [0.3, 0.4) is 0 Å². The van der Waals surface area contributed by atoms with Crippen LogP contribution < -0.4 is 15.6 Å². The van der Waals surface area contributed by atoms with Crippen molar-refractivity contribution in [1.82, 2.24) is 9.78 Å². The molecule has 0 bridgehead atoms. The van der Waals surface area contributed by atoms with Crippen molar-refractivity contribution in [3.05, 3.63) is 52.4 Å². The van der Waals surface area contributed by atoms with E-state index < -0.39 is 0 Å². The SMILES string of the molecule is COc1cccc(Cn2ncc(NCC3CC3)cc2=O)c1. The molecule has 0 spiro atoms. The topological polar surface area (TPSA) is 56.1 Å². The van der Waals surface area contributed by atoms with Gasteiger partial charge in [-0.3, -0.25) is 4.79 Å². The highest BCUT2D eigenvalue weighted by Gasteiger charge is 2.20. The summed E-state index contributed by atoms with van der Waals surface area (Å²) in [5.41, 5.74) is 1.69. The Labute approximate surface area is 123 Å². The van der Waals surface area contributed by atoms with Crippen molar-refractivity contribution in [3.63, 3.8) is 0 Å². The van der Waals surface area contributed by atoms with E-state index in [0.29, 0.717) is 6.54 Å². The number of benzene rings is 1. The summed E-state index contributed by atoms with van der Waals surface area (Å²) in [6.07, 6.45) is 4.28. The van der Waals surface area contributed by atoms with E-state index in [1.165, 1.54) is 17.5 Å². The van der Waals surface area contributed by atoms with Crippen LogP contribution in [0.4, 0.5) is 5.69 Å². The second-order valence-corrected chi connectivity index (χ2v) is 5.42. The van der Waals surface area contributed by atoms with Crippen LogP contribution in [0, 0.1) is 5.92 Å². The number of hydrogen-bond acceptors (Lipinski definition) is 4. The summed E-state index contributed by atoms with van der Waals surface area (Å²) in [6.45, 7) is 1.37. The Morgan fingerprint density at radius 1 is 1.38 bits per heavy atom. The van der Waals surface area contributed by atoms with Crippen LogP contribution in [0.5, 0.6) is 5.75 Å². The quantitative estimate of drug-likeness (QED) is 0.883. The van der Waals surface area contributed by atoms with E-state index in [4.69, 9.17) is 4.74 Å². The molecule has 21 heavy (non-hydrogen) atoms. The van der Waals surface area contributed by atoms with Gasteiger partial charge in [0.15, 0.2) is 0 Å². The van der Waals surface area contributed by atoms with E-state index >= 15 is 0 Å². The maximum atomic E-state index is 12.1. The number of anilines is 1. The second-order valence-electron chi connectivity index (χ2n) is 5.42. The first kappa shape index (κ1) is 13.7. The monoisotopic (exact) mass is 285 g/mol. The lowest BCUT2D eigenvalue weighted by molar-refractivity contribution is 0.414. The molecule has 0 atom stereocenters. The fourth-order valence-corrected chi connectivity index (χ4v) is 2.18. The maximum absolute atomic E-state index is 12.1. The molecule has 0 amide bonds. The lowest BCUT2D eigenvalue weighted by Crippen LogP contribution is -2.23. The van der Waals surface area contributed by atoms with Gasteiger partial charge in [-0.05, 0) is 36.5 Å². The van der Waals surface area contributed by atoms with Crippen molar-refractivity contribution in [2.75, 3.05) is 19.0 Å². The highest BCUT2D eigenvalue weighted by molar-refractivity contribution is 5.39. The van der Waals surface area contributed by atoms with E-state index in [9.17, 15) is 4.79 Å². The van der Waals surface area contributed by atoms with Crippen molar-refractivity contribution in [1.29, 1.82) is 0 Å². The first-order chi connectivity index (χ1) is 10.2. The van der Waals surface area contributed by atoms with Crippen LogP contribution in [-0.4, -0.2) is 23.4 Å². The number of nitrogens with one attached hydrogen (secondary N) is 1. The van der Waals surface area contributed by atoms with Crippen molar-refractivity contribution in [2.24, 2.45) is 5.92 Å². The smallest absolute Gasteiger partial charge is 0.269 e. The highest BCUT2D eigenvalue weighted by Crippen LogP contribution is 2.28. The summed E-state index contributed by atoms with van der Waals surface area (Å²) in [4.78, 5) is 12.1. The third-order valence-corrected chi connectivity index (χ3v) is 3.63. The third-order valence-electron chi connectivity index (χ3n) is 3.63. The molecule has 5 nitrogen and oxygen atoms in total. The van der Waals surface area contributed by atoms with Crippen LogP contribution in [0.2, 0.25) is 0 Å². The summed E-state index contributed by atoms with van der Waals surface area (Å²) in [5.74, 6) is 1.55. The predicted octanol–water partition coefficient (Wildman–Crippen LogP) is 2.12. The summed E-state index contributed by atoms with van der Waals surface area (Å²) in [7, 11) is 1.63. The Morgan fingerprint density at radius 2 is 2.24 bits per heavy atom. The van der Waals surface area contributed by atoms with Crippen molar-refractivity contribution < 1.29 is 4.74 Å². The Bertz CT molecular complexity index is 677. The van der Waals surface area contributed by atoms with Gasteiger partial charge in [0.25, 0.3) is 5.56 Å². The fraction of sp³-hybridized carbons (Fsp3) is 0.375. The van der Waals surface area contributed by atoms with Gasteiger partial charge in [0.2, 0.25) is 0 Å². The molecular formula is C16H19N3O2. The zero-order chi connectivity index (χ0) is 14.7. The molecule has 1 aliphatic rings. The van der Waals surface area contributed by atoms with E-state index in [1.807, 2.05) is 24.3 Å². The average molecular weight is 285 g/mol. The van der Waals surface area contributed by atoms with Gasteiger partial charge in [0.1, 0.15) is 5.75 Å². The van der Waals surface area contributed by atoms with Gasteiger partial charge >= 0.3 is 0 Å². The molecule has 0 radical (unpaired) electrons. The second kappa shape index (κ2) is 5.99. The molecule has 1 aromatic carbocycles. The molecule has 0 saturated heterocycles. The zero-order valence-corrected chi connectivity index (χ0v) is 12.1. The van der Waals surface area contributed by atoms with Gasteiger partial charge in [0.05, 0.1) is 25.5 Å². The maximum Gasteiger partial charge on any atom is 0.269 e. The van der Waals surface area contributed by atoms with Gasteiger partial charge in [-0.2, -0.15) is 5.10 Å². The zero-order valence-electron chi connectivity index (χ0n) is 12.1. The molecular weight excluding hydrogens is 266 g/mol. The summed E-state index contributed by atoms with van der Waals surface area (Å²) in [6, 6.07) is 9.26. The number of methoxy groups -OCH3 is 1. The lowest BCUT2D eigenvalue weighted by Gasteiger charge is -2.08. The van der Waals surface area contributed by atoms with Crippen LogP contribution in [0.1, 0.15) is 18.4 Å². The standard InChI is InChI=1S/C16H19N3O2/c1-21-15-4-2-3-13(7-15)11-19-16(20)8-14(10-18-19)17-9-12-5-6-12/h2-4,7-8,10,12,17H,5-6,9,11H2,1H3. The fourth-order valence-electron chi connectivity index (χ4n) is 2.18. The normalized spacial score (nSPS) is 14.0. The van der Waals surface area contributed by atoms with Crippen LogP contribution in [-0.2, 0) is 6.54 Å². The minimum Gasteiger partial charge on any atom is -0.497 e. The van der Waals surface area contributed by atoms with Gasteiger partial charge in [0, 0.05) is 12.6 Å². The molecule has 1 fully saturated rings. The minimum absolute atomic E-state index is 0.0985. The van der Waals surface area contributed by atoms with Crippen LogP contribution in [0.15, 0.2) is 41.3 Å². The Morgan fingerprint density at radius 3 is 2.95 bits per heavy atom. The van der Waals surface area contributed by atoms with E-state index in [-0.39, 0.29) is 5.56 Å². The van der Waals surface area contributed by atoms with Gasteiger partial charge < -0.3 is 10.1 Å². The van der Waals surface area contributed by atoms with Crippen molar-refractivity contribution >= 4 is 5.69 Å². The molecule has 0 unspecified atom stereocenters. The molecule has 1 aliphatic carbocycles. The molecule has 2 aromatic rings. The predicted molar refractivity (Wildman–Crippen MR) is 81.8 cm³/mol. The van der Waals surface area contributed by atoms with Crippen molar-refractivity contribution in [2.45, 2.75) is 19.4 Å². The number of hydrogen-bond donors (Lipinski definition) is 1. The molecule has 1 saturated carbocycles. The summed E-state index contributed by atoms with van der Waals surface area (Å²) in [5, 5.41) is 7.49. The minimum atomic E-state index is -0.0985. The largest absolute Gasteiger partial charge is 0.497 e. The molecule has 110 valence electrons. The number of aromatic nitrogens is 2. The number of nitrogens with zero attached hydrogens (tertiary/aromatic N) is 2. The van der Waals surface area contributed by atoms with E-state index in [1.54, 1.807) is 19.4 Å². The van der Waals surface area contributed by atoms with Crippen LogP contribution in [0.25, 0.3) is 0 Å². The molecule has 0 aliphatic heterocycles. The number of rotatable bonds is 6. The summed E-state index contributed by atoms with van der Waals surface area (Å²) >= 11 is 0. The first-order valence-electron chi connectivity index (χ1n) is 7.18. The Kier molecular flexibility index (Phi) is 3.90.